The van der Waals surface area contributed by atoms with Crippen molar-refractivity contribution in [1.82, 2.24) is 10.5 Å². The van der Waals surface area contributed by atoms with E-state index in [0.29, 0.717) is 19.8 Å². The summed E-state index contributed by atoms with van der Waals surface area (Å²) in [7, 11) is 0. The Morgan fingerprint density at radius 3 is 3.12 bits per heavy atom. The summed E-state index contributed by atoms with van der Waals surface area (Å²) in [5, 5.41) is 5.83. The molecule has 1 aromatic heterocycles. The Morgan fingerprint density at radius 2 is 2.47 bits per heavy atom. The molecule has 0 radical (unpaired) electrons. The highest BCUT2D eigenvalue weighted by Gasteiger charge is 2.24. The minimum atomic E-state index is -2.77. The monoisotopic (exact) mass is 246 g/mol. The number of rotatable bonds is 4. The molecule has 2 heterocycles. The molecule has 1 fully saturated rings. The Balaban J connectivity index is 1.92. The van der Waals surface area contributed by atoms with Gasteiger partial charge in [0.1, 0.15) is 6.26 Å². The van der Waals surface area contributed by atoms with Crippen molar-refractivity contribution in [3.8, 4) is 0 Å². The van der Waals surface area contributed by atoms with Gasteiger partial charge in [0.05, 0.1) is 12.2 Å². The molecule has 0 aliphatic carbocycles. The second-order valence-electron chi connectivity index (χ2n) is 3.86. The lowest BCUT2D eigenvalue weighted by molar-refractivity contribution is 0.0924. The van der Waals surface area contributed by atoms with E-state index in [-0.39, 0.29) is 11.6 Å². The minimum Gasteiger partial charge on any atom is -0.381 e. The van der Waals surface area contributed by atoms with Gasteiger partial charge in [-0.3, -0.25) is 4.79 Å². The van der Waals surface area contributed by atoms with Gasteiger partial charge in [0, 0.05) is 19.1 Å². The van der Waals surface area contributed by atoms with Crippen LogP contribution in [0.1, 0.15) is 28.9 Å². The molecule has 1 aliphatic heterocycles. The first-order chi connectivity index (χ1) is 8.18. The van der Waals surface area contributed by atoms with Gasteiger partial charge in [-0.25, -0.2) is 8.78 Å². The van der Waals surface area contributed by atoms with E-state index in [1.165, 1.54) is 0 Å². The number of nitrogens with one attached hydrogen (secondary N) is 1. The maximum Gasteiger partial charge on any atom is 0.273 e. The number of halogens is 2. The highest BCUT2D eigenvalue weighted by Crippen LogP contribution is 2.21. The lowest BCUT2D eigenvalue weighted by atomic mass is 10.1. The van der Waals surface area contributed by atoms with Crippen molar-refractivity contribution in [2.45, 2.75) is 12.8 Å². The lowest BCUT2D eigenvalue weighted by Gasteiger charge is -2.08. The first-order valence-corrected chi connectivity index (χ1v) is 5.27. The molecule has 1 saturated heterocycles. The van der Waals surface area contributed by atoms with Gasteiger partial charge >= 0.3 is 0 Å². The fourth-order valence-corrected chi connectivity index (χ4v) is 1.64. The first kappa shape index (κ1) is 12.0. The van der Waals surface area contributed by atoms with E-state index in [9.17, 15) is 13.6 Å². The Hall–Kier alpha value is -1.50. The van der Waals surface area contributed by atoms with Crippen LogP contribution in [0.4, 0.5) is 8.78 Å². The largest absolute Gasteiger partial charge is 0.381 e. The molecule has 2 rings (SSSR count). The molecular weight excluding hydrogens is 234 g/mol. The van der Waals surface area contributed by atoms with Gasteiger partial charge in [0.25, 0.3) is 12.3 Å². The van der Waals surface area contributed by atoms with E-state index in [1.54, 1.807) is 0 Å². The van der Waals surface area contributed by atoms with E-state index in [4.69, 9.17) is 4.74 Å². The predicted molar refractivity (Wildman–Crippen MR) is 52.7 cm³/mol. The third kappa shape index (κ3) is 2.79. The number of amides is 1. The normalized spacial score (nSPS) is 19.8. The average Bonchev–Trinajstić information content (AvgIpc) is 2.96. The molecule has 1 N–H and O–H groups in total. The summed E-state index contributed by atoms with van der Waals surface area (Å²) in [6.45, 7) is 1.65. The Bertz CT molecular complexity index is 389. The molecule has 7 heteroatoms. The molecule has 1 atom stereocenters. The number of carbonyl (C=O) groups is 1. The fourth-order valence-electron chi connectivity index (χ4n) is 1.64. The van der Waals surface area contributed by atoms with Gasteiger partial charge in [-0.05, 0) is 6.42 Å². The summed E-state index contributed by atoms with van der Waals surface area (Å²) in [5.74, 6) is -0.401. The highest BCUT2D eigenvalue weighted by molar-refractivity contribution is 5.93. The summed E-state index contributed by atoms with van der Waals surface area (Å²) in [4.78, 5) is 11.6. The van der Waals surface area contributed by atoms with Gasteiger partial charge in [0.2, 0.25) is 0 Å². The fraction of sp³-hybridized carbons (Fsp3) is 0.600. The zero-order chi connectivity index (χ0) is 12.3. The molecule has 0 aromatic carbocycles. The maximum atomic E-state index is 12.5. The molecule has 94 valence electrons. The van der Waals surface area contributed by atoms with Crippen molar-refractivity contribution in [1.29, 1.82) is 0 Å². The smallest absolute Gasteiger partial charge is 0.273 e. The molecule has 0 saturated carbocycles. The molecule has 0 spiro atoms. The summed E-state index contributed by atoms with van der Waals surface area (Å²) in [6, 6.07) is 0. The molecule has 5 nitrogen and oxygen atoms in total. The van der Waals surface area contributed by atoms with Gasteiger partial charge in [-0.15, -0.1) is 0 Å². The molecule has 1 unspecified atom stereocenters. The van der Waals surface area contributed by atoms with Crippen LogP contribution in [0, 0.1) is 5.92 Å². The molecule has 17 heavy (non-hydrogen) atoms. The standard InChI is InChI=1S/C10H12F2N2O3/c11-9(12)7-5-17-14-8(7)10(15)13-3-6-1-2-16-4-6/h5-6,9H,1-4H2,(H,13,15). The SMILES string of the molecule is O=C(NCC1CCOC1)c1nocc1C(F)F. The second-order valence-corrected chi connectivity index (χ2v) is 3.86. The van der Waals surface area contributed by atoms with Crippen LogP contribution in [-0.4, -0.2) is 30.8 Å². The average molecular weight is 246 g/mol. The number of carbonyl (C=O) groups excluding carboxylic acids is 1. The van der Waals surface area contributed by atoms with Crippen molar-refractivity contribution in [3.63, 3.8) is 0 Å². The minimum absolute atomic E-state index is 0.237. The van der Waals surface area contributed by atoms with Crippen LogP contribution in [0.3, 0.4) is 0 Å². The van der Waals surface area contributed by atoms with Crippen LogP contribution in [0.5, 0.6) is 0 Å². The van der Waals surface area contributed by atoms with Gasteiger partial charge in [0.15, 0.2) is 5.69 Å². The summed E-state index contributed by atoms with van der Waals surface area (Å²) < 4.78 is 34.4. The van der Waals surface area contributed by atoms with E-state index in [2.05, 4.69) is 15.0 Å². The van der Waals surface area contributed by atoms with Crippen molar-refractivity contribution < 1.29 is 22.8 Å². The van der Waals surface area contributed by atoms with Crippen molar-refractivity contribution >= 4 is 5.91 Å². The molecular formula is C10H12F2N2O3. The quantitative estimate of drug-likeness (QED) is 0.871. The van der Waals surface area contributed by atoms with Crippen LogP contribution >= 0.6 is 0 Å². The van der Waals surface area contributed by atoms with Crippen LogP contribution in [0.2, 0.25) is 0 Å². The molecule has 0 bridgehead atoms. The maximum absolute atomic E-state index is 12.5. The van der Waals surface area contributed by atoms with E-state index in [1.807, 2.05) is 0 Å². The van der Waals surface area contributed by atoms with Crippen molar-refractivity contribution in [3.05, 3.63) is 17.5 Å². The summed E-state index contributed by atoms with van der Waals surface area (Å²) in [6.07, 6.45) is -1.11. The van der Waals surface area contributed by atoms with Gasteiger partial charge in [-0.2, -0.15) is 0 Å². The molecule has 1 aliphatic rings. The van der Waals surface area contributed by atoms with Crippen molar-refractivity contribution in [2.75, 3.05) is 19.8 Å². The van der Waals surface area contributed by atoms with Crippen LogP contribution in [-0.2, 0) is 4.74 Å². The Labute approximate surface area is 96.1 Å². The van der Waals surface area contributed by atoms with Gasteiger partial charge < -0.3 is 14.6 Å². The number of hydrogen-bond donors (Lipinski definition) is 1. The molecule has 1 aromatic rings. The van der Waals surface area contributed by atoms with E-state index >= 15 is 0 Å². The first-order valence-electron chi connectivity index (χ1n) is 5.27. The third-order valence-electron chi connectivity index (χ3n) is 2.62. The zero-order valence-electron chi connectivity index (χ0n) is 8.99. The number of hydrogen-bond acceptors (Lipinski definition) is 4. The highest BCUT2D eigenvalue weighted by atomic mass is 19.3. The topological polar surface area (TPSA) is 64.4 Å². The third-order valence-corrected chi connectivity index (χ3v) is 2.62. The number of alkyl halides is 2. The van der Waals surface area contributed by atoms with E-state index in [0.717, 1.165) is 12.7 Å². The summed E-state index contributed by atoms with van der Waals surface area (Å²) >= 11 is 0. The molecule has 1 amide bonds. The van der Waals surface area contributed by atoms with Crippen LogP contribution in [0.25, 0.3) is 0 Å². The van der Waals surface area contributed by atoms with Crippen LogP contribution in [0.15, 0.2) is 10.8 Å². The van der Waals surface area contributed by atoms with E-state index < -0.39 is 17.9 Å². The Morgan fingerprint density at radius 1 is 1.65 bits per heavy atom. The lowest BCUT2D eigenvalue weighted by Crippen LogP contribution is -2.30. The van der Waals surface area contributed by atoms with Crippen LogP contribution < -0.4 is 5.32 Å². The summed E-state index contributed by atoms with van der Waals surface area (Å²) in [5.41, 5.74) is -0.830. The van der Waals surface area contributed by atoms with Gasteiger partial charge in [-0.1, -0.05) is 5.16 Å². The number of ether oxygens (including phenoxy) is 1. The number of nitrogens with zero attached hydrogens (tertiary/aromatic N) is 1. The Kier molecular flexibility index (Phi) is 3.68. The van der Waals surface area contributed by atoms with Crippen molar-refractivity contribution in [2.24, 2.45) is 5.92 Å². The second kappa shape index (κ2) is 5.22. The zero-order valence-corrected chi connectivity index (χ0v) is 8.99. The predicted octanol–water partition coefficient (Wildman–Crippen LogP) is 1.38. The number of aromatic nitrogens is 1.